The molecule has 19 heavy (non-hydrogen) atoms. The second-order valence-corrected chi connectivity index (χ2v) is 6.19. The first-order valence-corrected chi connectivity index (χ1v) is 7.17. The molecule has 0 radical (unpaired) electrons. The Morgan fingerprint density at radius 1 is 1.47 bits per heavy atom. The van der Waals surface area contributed by atoms with E-state index in [-0.39, 0.29) is 12.2 Å². The van der Waals surface area contributed by atoms with Crippen LogP contribution in [0.15, 0.2) is 22.7 Å². The molecular formula is C13H12BrNO3S. The molecule has 0 spiro atoms. The van der Waals surface area contributed by atoms with Crippen LogP contribution in [0.4, 0.5) is 0 Å². The average Bonchev–Trinajstić information content (AvgIpc) is 2.66. The molecule has 1 heterocycles. The Bertz CT molecular complexity index is 605. The molecule has 0 bridgehead atoms. The van der Waals surface area contributed by atoms with Crippen LogP contribution in [-0.4, -0.2) is 16.1 Å². The molecule has 6 heteroatoms. The fourth-order valence-corrected chi connectivity index (χ4v) is 2.72. The van der Waals surface area contributed by atoms with E-state index >= 15 is 0 Å². The van der Waals surface area contributed by atoms with Gasteiger partial charge >= 0.3 is 5.97 Å². The van der Waals surface area contributed by atoms with E-state index in [0.717, 1.165) is 20.1 Å². The van der Waals surface area contributed by atoms with E-state index in [1.807, 2.05) is 13.8 Å². The largest absolute Gasteiger partial charge is 0.485 e. The summed E-state index contributed by atoms with van der Waals surface area (Å²) in [5.74, 6) is -0.665. The van der Waals surface area contributed by atoms with E-state index in [2.05, 4.69) is 20.9 Å². The summed E-state index contributed by atoms with van der Waals surface area (Å²) < 4.78 is 6.35. The molecule has 0 fully saturated rings. The van der Waals surface area contributed by atoms with Gasteiger partial charge < -0.3 is 9.84 Å². The van der Waals surface area contributed by atoms with Gasteiger partial charge in [0.1, 0.15) is 22.9 Å². The lowest BCUT2D eigenvalue weighted by Crippen LogP contribution is -2.03. The minimum atomic E-state index is -1.01. The van der Waals surface area contributed by atoms with Crippen LogP contribution in [0.2, 0.25) is 0 Å². The lowest BCUT2D eigenvalue weighted by molar-refractivity contribution is 0.0691. The Balaban J connectivity index is 2.19. The molecule has 0 saturated heterocycles. The number of carbonyl (C=O) groups is 1. The van der Waals surface area contributed by atoms with Crippen LogP contribution >= 0.6 is 27.3 Å². The van der Waals surface area contributed by atoms with E-state index in [1.165, 1.54) is 6.07 Å². The summed E-state index contributed by atoms with van der Waals surface area (Å²) in [6.45, 7) is 4.21. The summed E-state index contributed by atoms with van der Waals surface area (Å²) in [5.41, 5.74) is 1.13. The van der Waals surface area contributed by atoms with E-state index in [4.69, 9.17) is 9.84 Å². The number of hydrogen-bond donors (Lipinski definition) is 1. The van der Waals surface area contributed by atoms with Crippen molar-refractivity contribution in [2.45, 2.75) is 20.5 Å². The van der Waals surface area contributed by atoms with Gasteiger partial charge in [0.15, 0.2) is 0 Å². The maximum atomic E-state index is 11.1. The molecule has 0 aliphatic rings. The number of hydrogen-bond acceptors (Lipinski definition) is 4. The fraction of sp³-hybridized carbons (Fsp3) is 0.231. The second-order valence-electron chi connectivity index (χ2n) is 3.98. The quantitative estimate of drug-likeness (QED) is 0.918. The maximum absolute atomic E-state index is 11.1. The highest BCUT2D eigenvalue weighted by atomic mass is 79.9. The Morgan fingerprint density at radius 3 is 2.79 bits per heavy atom. The van der Waals surface area contributed by atoms with Gasteiger partial charge in [-0.3, -0.25) is 0 Å². The molecule has 100 valence electrons. The summed E-state index contributed by atoms with van der Waals surface area (Å²) >= 11 is 4.86. The molecule has 1 aromatic heterocycles. The van der Waals surface area contributed by atoms with Crippen LogP contribution in [0.1, 0.15) is 25.9 Å². The SMILES string of the molecule is Cc1nc(COc2cc(Br)ccc2C(=O)O)sc1C. The molecule has 0 amide bonds. The van der Waals surface area contributed by atoms with Crippen molar-refractivity contribution in [1.29, 1.82) is 0 Å². The molecule has 0 saturated carbocycles. The predicted octanol–water partition coefficient (Wildman–Crippen LogP) is 3.80. The number of benzene rings is 1. The highest BCUT2D eigenvalue weighted by Gasteiger charge is 2.13. The normalized spacial score (nSPS) is 10.5. The smallest absolute Gasteiger partial charge is 0.339 e. The topological polar surface area (TPSA) is 59.4 Å². The summed E-state index contributed by atoms with van der Waals surface area (Å²) in [4.78, 5) is 16.6. The lowest BCUT2D eigenvalue weighted by atomic mass is 10.2. The van der Waals surface area contributed by atoms with Gasteiger partial charge in [-0.15, -0.1) is 11.3 Å². The van der Waals surface area contributed by atoms with Crippen LogP contribution in [0.5, 0.6) is 5.75 Å². The minimum absolute atomic E-state index is 0.146. The number of nitrogens with zero attached hydrogens (tertiary/aromatic N) is 1. The second kappa shape index (κ2) is 5.71. The zero-order chi connectivity index (χ0) is 14.0. The number of thiazole rings is 1. The van der Waals surface area contributed by atoms with Gasteiger partial charge in [0.25, 0.3) is 0 Å². The molecule has 1 aromatic carbocycles. The van der Waals surface area contributed by atoms with Crippen LogP contribution in [0.3, 0.4) is 0 Å². The van der Waals surface area contributed by atoms with Crippen molar-refractivity contribution in [1.82, 2.24) is 4.98 Å². The molecule has 4 nitrogen and oxygen atoms in total. The Morgan fingerprint density at radius 2 is 2.21 bits per heavy atom. The van der Waals surface area contributed by atoms with Crippen molar-refractivity contribution in [2.24, 2.45) is 0 Å². The van der Waals surface area contributed by atoms with Crippen molar-refractivity contribution < 1.29 is 14.6 Å². The molecule has 0 aliphatic carbocycles. The van der Waals surface area contributed by atoms with Gasteiger partial charge in [0, 0.05) is 9.35 Å². The number of aromatic nitrogens is 1. The molecule has 0 unspecified atom stereocenters. The van der Waals surface area contributed by atoms with Gasteiger partial charge in [-0.2, -0.15) is 0 Å². The molecule has 1 N–H and O–H groups in total. The van der Waals surface area contributed by atoms with Crippen molar-refractivity contribution in [3.8, 4) is 5.75 Å². The van der Waals surface area contributed by atoms with Crippen LogP contribution in [0.25, 0.3) is 0 Å². The van der Waals surface area contributed by atoms with Crippen molar-refractivity contribution in [2.75, 3.05) is 0 Å². The summed E-state index contributed by atoms with van der Waals surface area (Å²) in [6, 6.07) is 4.84. The molecule has 2 aromatic rings. The molecular weight excluding hydrogens is 330 g/mol. The monoisotopic (exact) mass is 341 g/mol. The number of aryl methyl sites for hydroxylation is 2. The molecule has 2 rings (SSSR count). The Kier molecular flexibility index (Phi) is 4.21. The van der Waals surface area contributed by atoms with E-state index in [9.17, 15) is 4.79 Å². The van der Waals surface area contributed by atoms with Crippen molar-refractivity contribution in [3.05, 3.63) is 43.8 Å². The summed E-state index contributed by atoms with van der Waals surface area (Å²) in [6.07, 6.45) is 0. The number of ether oxygens (including phenoxy) is 1. The highest BCUT2D eigenvalue weighted by molar-refractivity contribution is 9.10. The van der Waals surface area contributed by atoms with Gasteiger partial charge in [0.2, 0.25) is 0 Å². The van der Waals surface area contributed by atoms with Gasteiger partial charge in [-0.05, 0) is 32.0 Å². The average molecular weight is 342 g/mol. The third-order valence-corrected chi connectivity index (χ3v) is 4.14. The molecule has 0 atom stereocenters. The zero-order valence-electron chi connectivity index (χ0n) is 10.4. The third-order valence-electron chi connectivity index (χ3n) is 2.60. The standard InChI is InChI=1S/C13H12BrNO3S/c1-7-8(2)19-12(15-7)6-18-11-5-9(14)3-4-10(11)13(16)17/h3-5H,6H2,1-2H3,(H,16,17). The van der Waals surface area contributed by atoms with Crippen LogP contribution in [0, 0.1) is 13.8 Å². The predicted molar refractivity (Wildman–Crippen MR) is 77.0 cm³/mol. The number of carboxylic acids is 1. The maximum Gasteiger partial charge on any atom is 0.339 e. The third kappa shape index (κ3) is 3.33. The van der Waals surface area contributed by atoms with E-state index in [1.54, 1.807) is 23.5 Å². The number of rotatable bonds is 4. The van der Waals surface area contributed by atoms with Gasteiger partial charge in [0.05, 0.1) is 5.69 Å². The lowest BCUT2D eigenvalue weighted by Gasteiger charge is -2.08. The Hall–Kier alpha value is -1.40. The Labute approximate surface area is 123 Å². The first-order chi connectivity index (χ1) is 8.97. The van der Waals surface area contributed by atoms with E-state index < -0.39 is 5.97 Å². The summed E-state index contributed by atoms with van der Waals surface area (Å²) in [5, 5.41) is 9.93. The number of carboxylic acid groups (broad SMARTS) is 1. The van der Waals surface area contributed by atoms with Crippen molar-refractivity contribution in [3.63, 3.8) is 0 Å². The first kappa shape index (κ1) is 14.0. The molecule has 0 aliphatic heterocycles. The highest BCUT2D eigenvalue weighted by Crippen LogP contribution is 2.25. The van der Waals surface area contributed by atoms with Gasteiger partial charge in [-0.25, -0.2) is 9.78 Å². The van der Waals surface area contributed by atoms with Gasteiger partial charge in [-0.1, -0.05) is 15.9 Å². The number of aromatic carboxylic acids is 1. The van der Waals surface area contributed by atoms with Crippen molar-refractivity contribution >= 4 is 33.2 Å². The first-order valence-electron chi connectivity index (χ1n) is 5.56. The van der Waals surface area contributed by atoms with E-state index in [0.29, 0.717) is 5.75 Å². The van der Waals surface area contributed by atoms with Crippen LogP contribution in [-0.2, 0) is 6.61 Å². The number of halogens is 1. The summed E-state index contributed by atoms with van der Waals surface area (Å²) in [7, 11) is 0. The van der Waals surface area contributed by atoms with Crippen LogP contribution < -0.4 is 4.74 Å². The zero-order valence-corrected chi connectivity index (χ0v) is 12.8. The minimum Gasteiger partial charge on any atom is -0.485 e. The fourth-order valence-electron chi connectivity index (χ4n) is 1.53.